The Morgan fingerprint density at radius 1 is 1.12 bits per heavy atom. The second-order valence-corrected chi connectivity index (χ2v) is 9.10. The molecule has 3 heterocycles. The summed E-state index contributed by atoms with van der Waals surface area (Å²) >= 11 is 0. The van der Waals surface area contributed by atoms with Crippen LogP contribution in [0.1, 0.15) is 71.0 Å². The van der Waals surface area contributed by atoms with Gasteiger partial charge in [0.15, 0.2) is 0 Å². The summed E-state index contributed by atoms with van der Waals surface area (Å²) in [5, 5.41) is 10.2. The molecular weight excluding hydrogens is 408 g/mol. The summed E-state index contributed by atoms with van der Waals surface area (Å²) in [5.74, 6) is -0.246. The summed E-state index contributed by atoms with van der Waals surface area (Å²) in [4.78, 5) is 44.0. The number of carbonyl (C=O) groups excluding carboxylic acids is 3. The van der Waals surface area contributed by atoms with E-state index in [1.54, 1.807) is 18.0 Å². The van der Waals surface area contributed by atoms with E-state index in [0.717, 1.165) is 36.9 Å². The number of amides is 3. The Hall–Kier alpha value is -3.23. The Bertz CT molecular complexity index is 1050. The van der Waals surface area contributed by atoms with Gasteiger partial charge >= 0.3 is 0 Å². The molecule has 9 nitrogen and oxygen atoms in total. The lowest BCUT2D eigenvalue weighted by Crippen LogP contribution is -2.41. The smallest absolute Gasteiger partial charge is 0.293 e. The number of likely N-dealkylation sites (tertiary alicyclic amines) is 1. The SMILES string of the molecule is Cn1cnc(C(=O)N2CCC(C3C(=O)Nc4ccc(C(=O)NC5CCCC5)cc43)CC2)n1. The van der Waals surface area contributed by atoms with Crippen LogP contribution in [0.15, 0.2) is 24.5 Å². The average molecular weight is 437 g/mol. The van der Waals surface area contributed by atoms with Crippen molar-refractivity contribution in [1.82, 2.24) is 25.0 Å². The normalized spacial score (nSPS) is 21.5. The second-order valence-electron chi connectivity index (χ2n) is 9.10. The van der Waals surface area contributed by atoms with Crippen molar-refractivity contribution in [3.63, 3.8) is 0 Å². The lowest BCUT2D eigenvalue weighted by Gasteiger charge is -2.33. The van der Waals surface area contributed by atoms with Gasteiger partial charge in [-0.05, 0) is 55.4 Å². The highest BCUT2D eigenvalue weighted by Crippen LogP contribution is 2.42. The van der Waals surface area contributed by atoms with Crippen LogP contribution < -0.4 is 10.6 Å². The first-order chi connectivity index (χ1) is 15.5. The van der Waals surface area contributed by atoms with Gasteiger partial charge in [-0.25, -0.2) is 4.98 Å². The van der Waals surface area contributed by atoms with E-state index in [1.165, 1.54) is 11.0 Å². The van der Waals surface area contributed by atoms with Crippen molar-refractivity contribution in [2.45, 2.75) is 50.5 Å². The van der Waals surface area contributed by atoms with Crippen LogP contribution in [-0.2, 0) is 11.8 Å². The minimum atomic E-state index is -0.297. The Labute approximate surface area is 186 Å². The number of piperidine rings is 1. The maximum Gasteiger partial charge on any atom is 0.293 e. The number of nitrogens with zero attached hydrogens (tertiary/aromatic N) is 4. The van der Waals surface area contributed by atoms with E-state index >= 15 is 0 Å². The van der Waals surface area contributed by atoms with Crippen LogP contribution in [-0.4, -0.2) is 56.5 Å². The number of rotatable bonds is 4. The van der Waals surface area contributed by atoms with Crippen LogP contribution >= 0.6 is 0 Å². The Balaban J connectivity index is 1.28. The highest BCUT2D eigenvalue weighted by atomic mass is 16.2. The molecule has 32 heavy (non-hydrogen) atoms. The van der Waals surface area contributed by atoms with Crippen molar-refractivity contribution in [3.05, 3.63) is 41.5 Å². The van der Waals surface area contributed by atoms with Gasteiger partial charge in [0, 0.05) is 37.4 Å². The van der Waals surface area contributed by atoms with E-state index in [9.17, 15) is 14.4 Å². The zero-order chi connectivity index (χ0) is 22.2. The van der Waals surface area contributed by atoms with Crippen molar-refractivity contribution in [2.75, 3.05) is 18.4 Å². The molecule has 3 amide bonds. The molecular formula is C23H28N6O3. The van der Waals surface area contributed by atoms with Crippen molar-refractivity contribution in [3.8, 4) is 0 Å². The number of nitrogens with one attached hydrogen (secondary N) is 2. The fourth-order valence-corrected chi connectivity index (χ4v) is 5.25. The summed E-state index contributed by atoms with van der Waals surface area (Å²) < 4.78 is 1.51. The topological polar surface area (TPSA) is 109 Å². The monoisotopic (exact) mass is 436 g/mol. The number of hydrogen-bond acceptors (Lipinski definition) is 5. The Kier molecular flexibility index (Phi) is 5.40. The lowest BCUT2D eigenvalue weighted by atomic mass is 9.80. The second kappa shape index (κ2) is 8.37. The van der Waals surface area contributed by atoms with Gasteiger partial charge in [0.25, 0.3) is 11.8 Å². The molecule has 1 aromatic heterocycles. The van der Waals surface area contributed by atoms with E-state index in [1.807, 2.05) is 12.1 Å². The summed E-state index contributed by atoms with van der Waals surface area (Å²) in [7, 11) is 1.73. The zero-order valence-corrected chi connectivity index (χ0v) is 18.2. The molecule has 9 heteroatoms. The lowest BCUT2D eigenvalue weighted by molar-refractivity contribution is -0.118. The number of aryl methyl sites for hydroxylation is 1. The van der Waals surface area contributed by atoms with E-state index in [4.69, 9.17) is 0 Å². The molecule has 2 aliphatic heterocycles. The third-order valence-corrected chi connectivity index (χ3v) is 6.97. The molecule has 2 aromatic rings. The van der Waals surface area contributed by atoms with Crippen molar-refractivity contribution in [2.24, 2.45) is 13.0 Å². The molecule has 0 spiro atoms. The molecule has 1 unspecified atom stereocenters. The largest absolute Gasteiger partial charge is 0.349 e. The van der Waals surface area contributed by atoms with Gasteiger partial charge in [-0.3, -0.25) is 19.1 Å². The summed E-state index contributed by atoms with van der Waals surface area (Å²) in [6.45, 7) is 1.12. The van der Waals surface area contributed by atoms with Crippen molar-refractivity contribution < 1.29 is 14.4 Å². The van der Waals surface area contributed by atoms with E-state index < -0.39 is 0 Å². The number of hydrogen-bond donors (Lipinski definition) is 2. The third-order valence-electron chi connectivity index (χ3n) is 6.97. The van der Waals surface area contributed by atoms with Crippen LogP contribution in [0.2, 0.25) is 0 Å². The predicted octanol–water partition coefficient (Wildman–Crippen LogP) is 2.08. The number of aromatic nitrogens is 3. The molecule has 2 fully saturated rings. The van der Waals surface area contributed by atoms with Crippen LogP contribution in [0.5, 0.6) is 0 Å². The summed E-state index contributed by atoms with van der Waals surface area (Å²) in [6.07, 6.45) is 7.33. The average Bonchev–Trinajstić information content (AvgIpc) is 3.53. The van der Waals surface area contributed by atoms with Crippen molar-refractivity contribution >= 4 is 23.4 Å². The molecule has 1 saturated carbocycles. The number of anilines is 1. The maximum absolute atomic E-state index is 12.8. The van der Waals surface area contributed by atoms with Gasteiger partial charge in [0.05, 0.1) is 5.92 Å². The minimum absolute atomic E-state index is 0.0236. The van der Waals surface area contributed by atoms with Gasteiger partial charge < -0.3 is 15.5 Å². The molecule has 1 aliphatic carbocycles. The fraction of sp³-hybridized carbons (Fsp3) is 0.522. The summed E-state index contributed by atoms with van der Waals surface area (Å²) in [6, 6.07) is 5.74. The molecule has 0 radical (unpaired) electrons. The number of benzene rings is 1. The first-order valence-electron chi connectivity index (χ1n) is 11.4. The van der Waals surface area contributed by atoms with E-state index in [-0.39, 0.29) is 41.4 Å². The highest BCUT2D eigenvalue weighted by Gasteiger charge is 2.39. The highest BCUT2D eigenvalue weighted by molar-refractivity contribution is 6.05. The van der Waals surface area contributed by atoms with Crippen LogP contribution in [0.3, 0.4) is 0 Å². The first-order valence-corrected chi connectivity index (χ1v) is 11.4. The quantitative estimate of drug-likeness (QED) is 0.763. The predicted molar refractivity (Wildman–Crippen MR) is 117 cm³/mol. The molecule has 3 aliphatic rings. The zero-order valence-electron chi connectivity index (χ0n) is 18.2. The minimum Gasteiger partial charge on any atom is -0.349 e. The maximum atomic E-state index is 12.8. The van der Waals surface area contributed by atoms with E-state index in [0.29, 0.717) is 31.5 Å². The molecule has 1 atom stereocenters. The standard InChI is InChI=1S/C23H28N6O3/c1-28-13-24-20(27-28)23(32)29-10-8-14(9-11-29)19-17-12-15(6-7-18(17)26-22(19)31)21(30)25-16-4-2-3-5-16/h6-7,12-14,16,19H,2-5,8-11H2,1H3,(H,25,30)(H,26,31). The molecule has 168 valence electrons. The van der Waals surface area contributed by atoms with Gasteiger partial charge in [0.2, 0.25) is 11.7 Å². The summed E-state index contributed by atoms with van der Waals surface area (Å²) in [5.41, 5.74) is 2.28. The van der Waals surface area contributed by atoms with Crippen LogP contribution in [0.4, 0.5) is 5.69 Å². The molecule has 1 saturated heterocycles. The van der Waals surface area contributed by atoms with Crippen molar-refractivity contribution in [1.29, 1.82) is 0 Å². The van der Waals surface area contributed by atoms with Crippen LogP contribution in [0.25, 0.3) is 0 Å². The molecule has 1 aromatic carbocycles. The number of fused-ring (bicyclic) bond motifs is 1. The first kappa shape index (κ1) is 20.7. The van der Waals surface area contributed by atoms with Gasteiger partial charge in [0.1, 0.15) is 6.33 Å². The van der Waals surface area contributed by atoms with E-state index in [2.05, 4.69) is 20.7 Å². The van der Waals surface area contributed by atoms with Gasteiger partial charge in [-0.2, -0.15) is 0 Å². The molecule has 5 rings (SSSR count). The molecule has 2 N–H and O–H groups in total. The molecule has 0 bridgehead atoms. The Morgan fingerprint density at radius 2 is 1.88 bits per heavy atom. The number of carbonyl (C=O) groups is 3. The van der Waals surface area contributed by atoms with Crippen LogP contribution in [0, 0.1) is 5.92 Å². The van der Waals surface area contributed by atoms with Gasteiger partial charge in [-0.1, -0.05) is 12.8 Å². The third kappa shape index (κ3) is 3.87. The Morgan fingerprint density at radius 3 is 2.56 bits per heavy atom. The van der Waals surface area contributed by atoms with Gasteiger partial charge in [-0.15, -0.1) is 5.10 Å². The fourth-order valence-electron chi connectivity index (χ4n) is 5.25.